The van der Waals surface area contributed by atoms with Crippen LogP contribution in [0.5, 0.6) is 5.75 Å². The van der Waals surface area contributed by atoms with Gasteiger partial charge in [0.15, 0.2) is 0 Å². The Labute approximate surface area is 166 Å². The van der Waals surface area contributed by atoms with Gasteiger partial charge in [-0.25, -0.2) is 0 Å². The highest BCUT2D eigenvalue weighted by Crippen LogP contribution is 2.20. The average Bonchev–Trinajstić information content (AvgIpc) is 2.75. The van der Waals surface area contributed by atoms with Gasteiger partial charge in [-0.2, -0.15) is 0 Å². The molecule has 1 heterocycles. The summed E-state index contributed by atoms with van der Waals surface area (Å²) in [4.78, 5) is 17.0. The SMILES string of the molecule is CCCCCc1ccc(-c2ccc(C(=O)Nc3ccc(OC)cc3)cc2)nc1. The van der Waals surface area contributed by atoms with Crippen molar-refractivity contribution < 1.29 is 9.53 Å². The van der Waals surface area contributed by atoms with Gasteiger partial charge in [-0.05, 0) is 60.9 Å². The van der Waals surface area contributed by atoms with Crippen molar-refractivity contribution in [3.63, 3.8) is 0 Å². The van der Waals surface area contributed by atoms with Crippen LogP contribution >= 0.6 is 0 Å². The highest BCUT2D eigenvalue weighted by Gasteiger charge is 2.07. The highest BCUT2D eigenvalue weighted by atomic mass is 16.5. The van der Waals surface area contributed by atoms with Crippen LogP contribution in [0, 0.1) is 0 Å². The smallest absolute Gasteiger partial charge is 0.255 e. The predicted octanol–water partition coefficient (Wildman–Crippen LogP) is 5.74. The first-order valence-corrected chi connectivity index (χ1v) is 9.70. The Morgan fingerprint density at radius 2 is 1.71 bits per heavy atom. The minimum Gasteiger partial charge on any atom is -0.497 e. The van der Waals surface area contributed by atoms with E-state index in [1.807, 2.05) is 60.8 Å². The number of nitrogens with zero attached hydrogens (tertiary/aromatic N) is 1. The molecule has 1 amide bonds. The summed E-state index contributed by atoms with van der Waals surface area (Å²) in [6, 6.07) is 19.0. The number of carbonyl (C=O) groups excluding carboxylic acids is 1. The predicted molar refractivity (Wildman–Crippen MR) is 114 cm³/mol. The maximum absolute atomic E-state index is 12.4. The largest absolute Gasteiger partial charge is 0.497 e. The van der Waals surface area contributed by atoms with Gasteiger partial charge in [0, 0.05) is 23.0 Å². The molecule has 144 valence electrons. The zero-order chi connectivity index (χ0) is 19.8. The van der Waals surface area contributed by atoms with E-state index in [0.717, 1.165) is 29.1 Å². The molecule has 4 heteroatoms. The summed E-state index contributed by atoms with van der Waals surface area (Å²) in [6.45, 7) is 2.21. The van der Waals surface area contributed by atoms with Crippen molar-refractivity contribution in [1.29, 1.82) is 0 Å². The van der Waals surface area contributed by atoms with Gasteiger partial charge in [-0.1, -0.05) is 38.0 Å². The van der Waals surface area contributed by atoms with E-state index in [4.69, 9.17) is 4.74 Å². The fourth-order valence-corrected chi connectivity index (χ4v) is 2.99. The molecule has 0 aliphatic heterocycles. The first-order valence-electron chi connectivity index (χ1n) is 9.70. The molecule has 1 N–H and O–H groups in total. The maximum Gasteiger partial charge on any atom is 0.255 e. The number of nitrogens with one attached hydrogen (secondary N) is 1. The summed E-state index contributed by atoms with van der Waals surface area (Å²) >= 11 is 0. The van der Waals surface area contributed by atoms with Crippen molar-refractivity contribution in [2.45, 2.75) is 32.6 Å². The number of unbranched alkanes of at least 4 members (excludes halogenated alkanes) is 2. The Kier molecular flexibility index (Phi) is 6.79. The summed E-state index contributed by atoms with van der Waals surface area (Å²) in [6.07, 6.45) is 6.71. The van der Waals surface area contributed by atoms with Crippen LogP contribution in [0.15, 0.2) is 66.9 Å². The van der Waals surface area contributed by atoms with Gasteiger partial charge in [0.05, 0.1) is 12.8 Å². The fraction of sp³-hybridized carbons (Fsp3) is 0.250. The van der Waals surface area contributed by atoms with E-state index in [1.165, 1.54) is 24.8 Å². The van der Waals surface area contributed by atoms with Gasteiger partial charge in [0.1, 0.15) is 5.75 Å². The van der Waals surface area contributed by atoms with Crippen molar-refractivity contribution in [3.05, 3.63) is 78.0 Å². The van der Waals surface area contributed by atoms with Crippen LogP contribution in [-0.4, -0.2) is 18.0 Å². The van der Waals surface area contributed by atoms with E-state index in [9.17, 15) is 4.79 Å². The fourth-order valence-electron chi connectivity index (χ4n) is 2.99. The molecular formula is C24H26N2O2. The molecule has 1 aromatic heterocycles. The summed E-state index contributed by atoms with van der Waals surface area (Å²) in [7, 11) is 1.62. The second-order valence-corrected chi connectivity index (χ2v) is 6.77. The molecule has 0 unspecified atom stereocenters. The minimum atomic E-state index is -0.143. The number of methoxy groups -OCH3 is 1. The second-order valence-electron chi connectivity index (χ2n) is 6.77. The number of pyridine rings is 1. The van der Waals surface area contributed by atoms with Crippen LogP contribution in [0.1, 0.15) is 42.1 Å². The van der Waals surface area contributed by atoms with Gasteiger partial charge in [-0.3, -0.25) is 9.78 Å². The van der Waals surface area contributed by atoms with Gasteiger partial charge in [0.25, 0.3) is 5.91 Å². The molecule has 0 fully saturated rings. The van der Waals surface area contributed by atoms with Crippen LogP contribution in [0.3, 0.4) is 0 Å². The minimum absolute atomic E-state index is 0.143. The van der Waals surface area contributed by atoms with Gasteiger partial charge >= 0.3 is 0 Å². The first kappa shape index (κ1) is 19.6. The highest BCUT2D eigenvalue weighted by molar-refractivity contribution is 6.04. The Balaban J connectivity index is 1.62. The van der Waals surface area contributed by atoms with Crippen LogP contribution < -0.4 is 10.1 Å². The van der Waals surface area contributed by atoms with Crippen molar-refractivity contribution >= 4 is 11.6 Å². The quantitative estimate of drug-likeness (QED) is 0.511. The molecule has 0 aliphatic rings. The first-order chi connectivity index (χ1) is 13.7. The van der Waals surface area contributed by atoms with Crippen LogP contribution in [0.2, 0.25) is 0 Å². The molecule has 0 radical (unpaired) electrons. The zero-order valence-electron chi connectivity index (χ0n) is 16.4. The molecule has 0 saturated heterocycles. The summed E-state index contributed by atoms with van der Waals surface area (Å²) < 4.78 is 5.13. The lowest BCUT2D eigenvalue weighted by atomic mass is 10.1. The van der Waals surface area contributed by atoms with E-state index in [1.54, 1.807) is 7.11 Å². The molecule has 3 rings (SSSR count). The van der Waals surface area contributed by atoms with Crippen molar-refractivity contribution in [2.24, 2.45) is 0 Å². The number of amides is 1. The average molecular weight is 374 g/mol. The monoisotopic (exact) mass is 374 g/mol. The molecule has 0 aliphatic carbocycles. The Bertz CT molecular complexity index is 885. The van der Waals surface area contributed by atoms with Gasteiger partial charge in [-0.15, -0.1) is 0 Å². The summed E-state index contributed by atoms with van der Waals surface area (Å²) in [5.74, 6) is 0.613. The third-order valence-electron chi connectivity index (χ3n) is 4.68. The van der Waals surface area contributed by atoms with E-state index >= 15 is 0 Å². The Morgan fingerprint density at radius 3 is 2.32 bits per heavy atom. The topological polar surface area (TPSA) is 51.2 Å². The number of hydrogen-bond acceptors (Lipinski definition) is 3. The Morgan fingerprint density at radius 1 is 0.964 bits per heavy atom. The maximum atomic E-state index is 12.4. The van der Waals surface area contributed by atoms with E-state index in [2.05, 4.69) is 23.3 Å². The second kappa shape index (κ2) is 9.70. The molecular weight excluding hydrogens is 348 g/mol. The lowest BCUT2D eigenvalue weighted by Crippen LogP contribution is -2.11. The molecule has 28 heavy (non-hydrogen) atoms. The molecule has 0 atom stereocenters. The molecule has 0 bridgehead atoms. The van der Waals surface area contributed by atoms with Crippen molar-refractivity contribution in [2.75, 3.05) is 12.4 Å². The van der Waals surface area contributed by atoms with Gasteiger partial charge < -0.3 is 10.1 Å². The molecule has 4 nitrogen and oxygen atoms in total. The molecule has 0 spiro atoms. The van der Waals surface area contributed by atoms with Crippen molar-refractivity contribution in [1.82, 2.24) is 4.98 Å². The lowest BCUT2D eigenvalue weighted by Gasteiger charge is -2.08. The standard InChI is InChI=1S/C24H26N2O2/c1-3-4-5-6-18-7-16-23(25-17-18)19-8-10-20(11-9-19)24(27)26-21-12-14-22(28-2)15-13-21/h7-17H,3-6H2,1-2H3,(H,26,27). The third-order valence-corrected chi connectivity index (χ3v) is 4.68. The van der Waals surface area contributed by atoms with Crippen LogP contribution in [-0.2, 0) is 6.42 Å². The lowest BCUT2D eigenvalue weighted by molar-refractivity contribution is 0.102. The van der Waals surface area contributed by atoms with E-state index < -0.39 is 0 Å². The van der Waals surface area contributed by atoms with Crippen LogP contribution in [0.4, 0.5) is 5.69 Å². The normalized spacial score (nSPS) is 10.5. The van der Waals surface area contributed by atoms with Crippen molar-refractivity contribution in [3.8, 4) is 17.0 Å². The van der Waals surface area contributed by atoms with E-state index in [0.29, 0.717) is 5.56 Å². The zero-order valence-corrected chi connectivity index (χ0v) is 16.4. The molecule has 2 aromatic carbocycles. The number of hydrogen-bond donors (Lipinski definition) is 1. The number of aromatic nitrogens is 1. The summed E-state index contributed by atoms with van der Waals surface area (Å²) in [5, 5.41) is 2.89. The number of benzene rings is 2. The van der Waals surface area contributed by atoms with Crippen LogP contribution in [0.25, 0.3) is 11.3 Å². The number of rotatable bonds is 8. The van der Waals surface area contributed by atoms with Gasteiger partial charge in [0.2, 0.25) is 0 Å². The number of anilines is 1. The summed E-state index contributed by atoms with van der Waals surface area (Å²) in [5.41, 5.74) is 4.53. The third kappa shape index (κ3) is 5.19. The molecule has 3 aromatic rings. The Hall–Kier alpha value is -3.14. The molecule has 0 saturated carbocycles. The number of aryl methyl sites for hydroxylation is 1. The number of ether oxygens (including phenoxy) is 1. The van der Waals surface area contributed by atoms with E-state index in [-0.39, 0.29) is 5.91 Å². The number of carbonyl (C=O) groups is 1.